The maximum atomic E-state index is 12.5. The molecule has 0 rings (SSSR count). The van der Waals surface area contributed by atoms with E-state index in [2.05, 4.69) is 0 Å². The Morgan fingerprint density at radius 1 is 0.696 bits per heavy atom. The fraction of sp³-hybridized carbons (Fsp3) is 1.00. The molecule has 23 heavy (non-hydrogen) atoms. The second-order valence-corrected chi connectivity index (χ2v) is 7.48. The molecule has 0 aliphatic carbocycles. The Kier molecular flexibility index (Phi) is 5.22. The molecule has 0 aromatic rings. The summed E-state index contributed by atoms with van der Waals surface area (Å²) in [7, 11) is -20.8. The van der Waals surface area contributed by atoms with Gasteiger partial charge in [-0.25, -0.2) is 8.42 Å². The van der Waals surface area contributed by atoms with Gasteiger partial charge in [-0.3, -0.25) is 0 Å². The van der Waals surface area contributed by atoms with Crippen LogP contribution in [0.4, 0.5) is 54.6 Å². The minimum Gasteiger partial charge on any atom is -0.743 e. The van der Waals surface area contributed by atoms with Gasteiger partial charge in [0.05, 0.1) is 0 Å². The van der Waals surface area contributed by atoms with Gasteiger partial charge in [0.25, 0.3) is 0 Å². The Bertz CT molecular complexity index is 576. The predicted octanol–water partition coefficient (Wildman–Crippen LogP) is 1.29. The third kappa shape index (κ3) is 3.36. The van der Waals surface area contributed by atoms with Crippen LogP contribution in [0.1, 0.15) is 0 Å². The molecule has 0 saturated heterocycles. The van der Waals surface area contributed by atoms with E-state index in [4.69, 9.17) is 0 Å². The first-order valence-corrected chi connectivity index (χ1v) is 7.30. The molecule has 0 heterocycles. The SMILES string of the molecule is O=S(=O)([O-])C(F)(F)C(F)(F)C(F)(F)C(F)(F)S(F)(F)(F)(F)F.[Li+]. The van der Waals surface area contributed by atoms with Crippen molar-refractivity contribution in [1.29, 1.82) is 0 Å². The van der Waals surface area contributed by atoms with Gasteiger partial charge >= 0.3 is 51.4 Å². The Morgan fingerprint density at radius 3 is 1.13 bits per heavy atom. The number of hydrogen-bond donors (Lipinski definition) is 0. The van der Waals surface area contributed by atoms with Crippen molar-refractivity contribution in [3.05, 3.63) is 0 Å². The Hall–Kier alpha value is -0.0526. The first-order valence-electron chi connectivity index (χ1n) is 3.94. The van der Waals surface area contributed by atoms with Crippen LogP contribution in [0.25, 0.3) is 0 Å². The van der Waals surface area contributed by atoms with Crippen LogP contribution in [0, 0.1) is 0 Å². The summed E-state index contributed by atoms with van der Waals surface area (Å²) in [5, 5.41) is -16.8. The predicted molar refractivity (Wildman–Crippen MR) is 42.6 cm³/mol. The van der Waals surface area contributed by atoms with E-state index in [9.17, 15) is 67.5 Å². The van der Waals surface area contributed by atoms with E-state index in [-0.39, 0.29) is 18.9 Å². The van der Waals surface area contributed by atoms with Crippen LogP contribution in [-0.2, 0) is 10.1 Å². The topological polar surface area (TPSA) is 57.2 Å². The fourth-order valence-corrected chi connectivity index (χ4v) is 1.82. The van der Waals surface area contributed by atoms with E-state index in [1.165, 1.54) is 0 Å². The van der Waals surface area contributed by atoms with Crippen molar-refractivity contribution in [2.45, 2.75) is 22.4 Å². The summed E-state index contributed by atoms with van der Waals surface area (Å²) in [6.07, 6.45) is 0. The fourth-order valence-electron chi connectivity index (χ4n) is 0.765. The second kappa shape index (κ2) is 4.77. The average Bonchev–Trinajstić information content (AvgIpc) is 2.10. The van der Waals surface area contributed by atoms with Crippen molar-refractivity contribution < 1.29 is 86.4 Å². The van der Waals surface area contributed by atoms with Crippen LogP contribution in [0.2, 0.25) is 0 Å². The van der Waals surface area contributed by atoms with Gasteiger partial charge in [-0.2, -0.15) is 35.1 Å². The zero-order chi connectivity index (χ0) is 18.9. The second-order valence-electron chi connectivity index (χ2n) is 3.61. The molecule has 0 N–H and O–H groups in total. The van der Waals surface area contributed by atoms with Crippen LogP contribution in [0.5, 0.6) is 0 Å². The molecule has 3 nitrogen and oxygen atoms in total. The summed E-state index contributed by atoms with van der Waals surface area (Å²) in [5.41, 5.74) is 0. The molecular weight excluding hydrogens is 414 g/mol. The van der Waals surface area contributed by atoms with Crippen LogP contribution >= 0.6 is 10.2 Å². The minimum absolute atomic E-state index is 0. The van der Waals surface area contributed by atoms with Gasteiger partial charge < -0.3 is 4.55 Å². The molecule has 0 bridgehead atoms. The van der Waals surface area contributed by atoms with Crippen molar-refractivity contribution >= 4 is 20.3 Å². The standard InChI is InChI=1S/C4HF13O3S2.Li/c5-1(6,3(9,10)21(18,19)20)2(7,8)4(11,12)22(13,14,15,16)17;/h(H,18,19,20);/q;+1/p-1. The van der Waals surface area contributed by atoms with Gasteiger partial charge in [0.1, 0.15) is 0 Å². The van der Waals surface area contributed by atoms with E-state index in [0.29, 0.717) is 0 Å². The third-order valence-corrected chi connectivity index (χ3v) is 4.03. The first kappa shape index (κ1) is 25.2. The van der Waals surface area contributed by atoms with Crippen LogP contribution in [0.3, 0.4) is 0 Å². The molecule has 138 valence electrons. The molecule has 0 amide bonds. The van der Waals surface area contributed by atoms with Gasteiger partial charge in [0, 0.05) is 0 Å². The number of hydrogen-bond acceptors (Lipinski definition) is 3. The van der Waals surface area contributed by atoms with Gasteiger partial charge in [-0.05, 0) is 0 Å². The average molecular weight is 414 g/mol. The Morgan fingerprint density at radius 2 is 0.957 bits per heavy atom. The number of halogens is 13. The molecule has 0 unspecified atom stereocenters. The summed E-state index contributed by atoms with van der Waals surface area (Å²) < 4.78 is 186. The summed E-state index contributed by atoms with van der Waals surface area (Å²) in [4.78, 5) is 0. The summed E-state index contributed by atoms with van der Waals surface area (Å²) >= 11 is 0. The maximum absolute atomic E-state index is 12.9. The normalized spacial score (nSPS) is 18.7. The Labute approximate surface area is 129 Å². The van der Waals surface area contributed by atoms with Crippen LogP contribution in [0.15, 0.2) is 0 Å². The van der Waals surface area contributed by atoms with E-state index < -0.39 is 42.7 Å². The molecule has 0 aliphatic heterocycles. The quantitative estimate of drug-likeness (QED) is 0.387. The zero-order valence-corrected chi connectivity index (χ0v) is 11.6. The molecule has 0 fully saturated rings. The van der Waals surface area contributed by atoms with Crippen molar-refractivity contribution in [2.75, 3.05) is 0 Å². The molecule has 0 aromatic carbocycles. The van der Waals surface area contributed by atoms with Gasteiger partial charge in [-0.1, -0.05) is 19.4 Å². The molecule has 0 spiro atoms. The van der Waals surface area contributed by atoms with E-state index in [0.717, 1.165) is 0 Å². The van der Waals surface area contributed by atoms with Crippen LogP contribution < -0.4 is 18.9 Å². The summed E-state index contributed by atoms with van der Waals surface area (Å²) in [5.74, 6) is -17.0. The van der Waals surface area contributed by atoms with E-state index in [1.54, 1.807) is 0 Å². The molecule has 0 aromatic heterocycles. The number of alkyl halides is 8. The third-order valence-electron chi connectivity index (χ3n) is 1.92. The van der Waals surface area contributed by atoms with Gasteiger partial charge in [-0.15, -0.1) is 0 Å². The zero-order valence-electron chi connectivity index (χ0n) is 9.95. The summed E-state index contributed by atoms with van der Waals surface area (Å²) in [6.45, 7) is 0. The molecular formula is C4F13LiO3S2. The van der Waals surface area contributed by atoms with Gasteiger partial charge in [0.2, 0.25) is 0 Å². The van der Waals surface area contributed by atoms with E-state index in [1.807, 2.05) is 0 Å². The largest absolute Gasteiger partial charge is 1.00 e. The van der Waals surface area contributed by atoms with Crippen molar-refractivity contribution in [2.24, 2.45) is 0 Å². The maximum Gasteiger partial charge on any atom is 1.00 e. The first-order chi connectivity index (χ1) is 8.75. The molecule has 0 radical (unpaired) electrons. The molecule has 0 aliphatic rings. The van der Waals surface area contributed by atoms with Crippen molar-refractivity contribution in [3.8, 4) is 0 Å². The van der Waals surface area contributed by atoms with Crippen molar-refractivity contribution in [3.63, 3.8) is 0 Å². The monoisotopic (exact) mass is 414 g/mol. The molecule has 0 atom stereocenters. The van der Waals surface area contributed by atoms with Crippen molar-refractivity contribution in [1.82, 2.24) is 0 Å². The molecule has 0 saturated carbocycles. The van der Waals surface area contributed by atoms with E-state index >= 15 is 0 Å². The van der Waals surface area contributed by atoms with Gasteiger partial charge in [0.15, 0.2) is 10.1 Å². The minimum atomic E-state index is -12.9. The smallest absolute Gasteiger partial charge is 0.743 e. The van der Waals surface area contributed by atoms with Crippen LogP contribution in [-0.4, -0.2) is 35.3 Å². The number of rotatable bonds is 5. The summed E-state index contributed by atoms with van der Waals surface area (Å²) in [6, 6.07) is 0. The molecule has 19 heteroatoms. The Balaban J connectivity index is 0.